The molecule has 1 saturated heterocycles. The molecule has 3 rings (SSSR count). The van der Waals surface area contributed by atoms with E-state index in [1.807, 2.05) is 12.1 Å². The molecule has 1 atom stereocenters. The highest BCUT2D eigenvalue weighted by Crippen LogP contribution is 2.25. The number of carbonyl (C=O) groups excluding carboxylic acids is 3. The first-order valence-corrected chi connectivity index (χ1v) is 11.1. The lowest BCUT2D eigenvalue weighted by Gasteiger charge is -2.35. The van der Waals surface area contributed by atoms with E-state index in [-0.39, 0.29) is 45.1 Å². The molecule has 1 fully saturated rings. The lowest BCUT2D eigenvalue weighted by atomic mass is 10.1. The number of amides is 3. The highest BCUT2D eigenvalue weighted by Gasteiger charge is 2.31. The Morgan fingerprint density at radius 3 is 2.46 bits per heavy atom. The molecule has 0 radical (unpaired) electrons. The summed E-state index contributed by atoms with van der Waals surface area (Å²) in [5.41, 5.74) is 0.570. The van der Waals surface area contributed by atoms with Crippen LogP contribution in [0.3, 0.4) is 0 Å². The van der Waals surface area contributed by atoms with Crippen molar-refractivity contribution >= 4 is 34.8 Å². The number of nitrogens with zero attached hydrogens (tertiary/aromatic N) is 3. The average Bonchev–Trinajstić information content (AvgIpc) is 2.86. The maximum absolute atomic E-state index is 13.2. The van der Waals surface area contributed by atoms with E-state index in [9.17, 15) is 19.2 Å². The summed E-state index contributed by atoms with van der Waals surface area (Å²) in [6, 6.07) is 7.45. The molecule has 1 aromatic heterocycles. The van der Waals surface area contributed by atoms with Crippen LogP contribution in [-0.4, -0.2) is 103 Å². The quantitative estimate of drug-likeness (QED) is 0.521. The number of hydrogen-bond acceptors (Lipinski definition) is 8. The fourth-order valence-electron chi connectivity index (χ4n) is 3.64. The number of carboxylic acids is 1. The molecule has 0 spiro atoms. The second kappa shape index (κ2) is 12.0. The third-order valence-corrected chi connectivity index (χ3v) is 5.36. The van der Waals surface area contributed by atoms with Crippen LogP contribution in [0.15, 0.2) is 30.3 Å². The van der Waals surface area contributed by atoms with Gasteiger partial charge in [0.25, 0.3) is 5.91 Å². The van der Waals surface area contributed by atoms with Crippen molar-refractivity contribution < 1.29 is 38.5 Å². The van der Waals surface area contributed by atoms with Gasteiger partial charge in [0.2, 0.25) is 5.91 Å². The number of piperazine rings is 1. The minimum atomic E-state index is -1.20. The average molecular weight is 488 g/mol. The third-order valence-electron chi connectivity index (χ3n) is 5.36. The largest absolute Gasteiger partial charge is 0.496 e. The Hall–Kier alpha value is -3.93. The molecule has 2 heterocycles. The Labute approximate surface area is 201 Å². The second-order valence-electron chi connectivity index (χ2n) is 7.67. The molecule has 3 amide bonds. The van der Waals surface area contributed by atoms with Crippen LogP contribution in [-0.2, 0) is 19.1 Å². The first-order valence-electron chi connectivity index (χ1n) is 11.1. The number of nitrogens with one attached hydrogen (secondary N) is 1. The monoisotopic (exact) mass is 488 g/mol. The molecule has 188 valence electrons. The lowest BCUT2D eigenvalue weighted by molar-refractivity contribution is -0.145. The Kier molecular flexibility index (Phi) is 8.79. The molecule has 0 saturated carbocycles. The number of aromatic nitrogens is 1. The Balaban J connectivity index is 1.74. The van der Waals surface area contributed by atoms with Gasteiger partial charge in [0.05, 0.1) is 25.8 Å². The Morgan fingerprint density at radius 1 is 1.11 bits per heavy atom. The normalized spacial score (nSPS) is 14.3. The standard InChI is InChI=1S/C23H28N4O8/c1-3-35-23(32)27-10-8-26(9-11-27)22(31)18(13-34-14-20(28)29)25-21(30)17-12-19(33-2)15-6-4-5-7-16(15)24-17/h4-7,12,18H,3,8-11,13-14H2,1-2H3,(H,25,30)(H,28,29). The summed E-state index contributed by atoms with van der Waals surface area (Å²) in [6.07, 6.45) is -0.453. The van der Waals surface area contributed by atoms with Crippen LogP contribution >= 0.6 is 0 Å². The smallest absolute Gasteiger partial charge is 0.409 e. The van der Waals surface area contributed by atoms with Crippen LogP contribution in [0.1, 0.15) is 17.4 Å². The first kappa shape index (κ1) is 25.7. The van der Waals surface area contributed by atoms with Crippen LogP contribution in [0.4, 0.5) is 4.79 Å². The van der Waals surface area contributed by atoms with E-state index in [1.165, 1.54) is 23.0 Å². The van der Waals surface area contributed by atoms with Gasteiger partial charge in [-0.3, -0.25) is 9.59 Å². The van der Waals surface area contributed by atoms with Gasteiger partial charge in [-0.1, -0.05) is 12.1 Å². The summed E-state index contributed by atoms with van der Waals surface area (Å²) >= 11 is 0. The number of aliphatic carboxylic acids is 1. The number of pyridine rings is 1. The lowest BCUT2D eigenvalue weighted by Crippen LogP contribution is -2.57. The van der Waals surface area contributed by atoms with Gasteiger partial charge in [-0.25, -0.2) is 14.6 Å². The Morgan fingerprint density at radius 2 is 1.80 bits per heavy atom. The molecule has 2 aromatic rings. The van der Waals surface area contributed by atoms with Crippen LogP contribution in [0.25, 0.3) is 10.9 Å². The van der Waals surface area contributed by atoms with Gasteiger partial charge in [-0.15, -0.1) is 0 Å². The summed E-state index contributed by atoms with van der Waals surface area (Å²) < 4.78 is 15.5. The number of methoxy groups -OCH3 is 1. The van der Waals surface area contributed by atoms with E-state index in [0.29, 0.717) is 11.3 Å². The number of ether oxygens (including phenoxy) is 3. The molecule has 35 heavy (non-hydrogen) atoms. The summed E-state index contributed by atoms with van der Waals surface area (Å²) in [5, 5.41) is 12.2. The molecular formula is C23H28N4O8. The minimum Gasteiger partial charge on any atom is -0.496 e. The predicted octanol–water partition coefficient (Wildman–Crippen LogP) is 0.744. The van der Waals surface area contributed by atoms with Crippen LogP contribution in [0.5, 0.6) is 5.75 Å². The molecule has 12 nitrogen and oxygen atoms in total. The maximum atomic E-state index is 13.2. The topological polar surface area (TPSA) is 148 Å². The van der Waals surface area contributed by atoms with Gasteiger partial charge in [0.1, 0.15) is 24.1 Å². The molecule has 2 N–H and O–H groups in total. The number of carboxylic acid groups (broad SMARTS) is 1. The molecule has 1 aliphatic heterocycles. The second-order valence-corrected chi connectivity index (χ2v) is 7.67. The highest BCUT2D eigenvalue weighted by molar-refractivity contribution is 5.99. The van der Waals surface area contributed by atoms with Gasteiger partial charge < -0.3 is 34.4 Å². The number of fused-ring (bicyclic) bond motifs is 1. The molecule has 0 aliphatic carbocycles. The van der Waals surface area contributed by atoms with Gasteiger partial charge in [-0.05, 0) is 19.1 Å². The SMILES string of the molecule is CCOC(=O)N1CCN(C(=O)C(COCC(=O)O)NC(=O)c2cc(OC)c3ccccc3n2)CC1. The van der Waals surface area contributed by atoms with Gasteiger partial charge in [0.15, 0.2) is 0 Å². The maximum Gasteiger partial charge on any atom is 0.409 e. The van der Waals surface area contributed by atoms with E-state index in [0.717, 1.165) is 5.39 Å². The number of carbonyl (C=O) groups is 4. The van der Waals surface area contributed by atoms with Crippen molar-refractivity contribution in [2.75, 3.05) is 53.1 Å². The zero-order valence-corrected chi connectivity index (χ0v) is 19.6. The minimum absolute atomic E-state index is 0.0312. The number of rotatable bonds is 9. The fraction of sp³-hybridized carbons (Fsp3) is 0.435. The molecule has 1 aliphatic rings. The Bertz CT molecular complexity index is 1080. The van der Waals surface area contributed by atoms with Crippen LogP contribution in [0, 0.1) is 0 Å². The van der Waals surface area contributed by atoms with Crippen molar-refractivity contribution in [1.29, 1.82) is 0 Å². The zero-order chi connectivity index (χ0) is 25.4. The third kappa shape index (κ3) is 6.57. The molecule has 12 heteroatoms. The summed E-state index contributed by atoms with van der Waals surface area (Å²) in [6.45, 7) is 1.98. The van der Waals surface area contributed by atoms with Crippen molar-refractivity contribution in [3.63, 3.8) is 0 Å². The summed E-state index contributed by atoms with van der Waals surface area (Å²) in [5.74, 6) is -1.86. The molecular weight excluding hydrogens is 460 g/mol. The van der Waals surface area contributed by atoms with Crippen molar-refractivity contribution in [3.05, 3.63) is 36.0 Å². The van der Waals surface area contributed by atoms with Crippen LogP contribution in [0.2, 0.25) is 0 Å². The van der Waals surface area contributed by atoms with E-state index in [4.69, 9.17) is 19.3 Å². The number of benzene rings is 1. The van der Waals surface area contributed by atoms with Gasteiger partial charge in [0, 0.05) is 37.6 Å². The van der Waals surface area contributed by atoms with Crippen LogP contribution < -0.4 is 10.1 Å². The van der Waals surface area contributed by atoms with E-state index < -0.39 is 36.5 Å². The van der Waals surface area contributed by atoms with Crippen molar-refractivity contribution in [1.82, 2.24) is 20.1 Å². The van der Waals surface area contributed by atoms with Crippen molar-refractivity contribution in [2.45, 2.75) is 13.0 Å². The van der Waals surface area contributed by atoms with Gasteiger partial charge in [-0.2, -0.15) is 0 Å². The fourth-order valence-corrected chi connectivity index (χ4v) is 3.64. The van der Waals surface area contributed by atoms with Gasteiger partial charge >= 0.3 is 12.1 Å². The predicted molar refractivity (Wildman–Crippen MR) is 123 cm³/mol. The molecule has 1 aromatic carbocycles. The van der Waals surface area contributed by atoms with Crippen molar-refractivity contribution in [3.8, 4) is 5.75 Å². The number of para-hydroxylation sites is 1. The van der Waals surface area contributed by atoms with Crippen molar-refractivity contribution in [2.24, 2.45) is 0 Å². The summed E-state index contributed by atoms with van der Waals surface area (Å²) in [7, 11) is 1.48. The number of hydrogen-bond donors (Lipinski definition) is 2. The highest BCUT2D eigenvalue weighted by atomic mass is 16.6. The van der Waals surface area contributed by atoms with E-state index in [1.54, 1.807) is 19.1 Å². The first-order chi connectivity index (χ1) is 16.8. The molecule has 0 bridgehead atoms. The molecule has 1 unspecified atom stereocenters. The summed E-state index contributed by atoms with van der Waals surface area (Å²) in [4.78, 5) is 56.3. The van der Waals surface area contributed by atoms with E-state index in [2.05, 4.69) is 10.3 Å². The van der Waals surface area contributed by atoms with E-state index >= 15 is 0 Å². The zero-order valence-electron chi connectivity index (χ0n) is 19.6.